The zero-order valence-corrected chi connectivity index (χ0v) is 12.5. The van der Waals surface area contributed by atoms with E-state index in [9.17, 15) is 8.42 Å². The Morgan fingerprint density at radius 1 is 1.10 bits per heavy atom. The quantitative estimate of drug-likeness (QED) is 0.850. The summed E-state index contributed by atoms with van der Waals surface area (Å²) >= 11 is 0. The van der Waals surface area contributed by atoms with Crippen LogP contribution >= 0.6 is 0 Å². The van der Waals surface area contributed by atoms with E-state index in [0.717, 1.165) is 16.7 Å². The SMILES string of the molecule is Cc1cc(N)c(S(=O)(=O)Nc2ncccc2C)cc1C. The second kappa shape index (κ2) is 5.13. The normalized spacial score (nSPS) is 11.3. The van der Waals surface area contributed by atoms with Crippen LogP contribution in [0.25, 0.3) is 0 Å². The predicted octanol–water partition coefficient (Wildman–Crippen LogP) is 2.39. The Labute approximate surface area is 118 Å². The van der Waals surface area contributed by atoms with Crippen LogP contribution in [-0.4, -0.2) is 13.4 Å². The second-order valence-electron chi connectivity index (χ2n) is 4.75. The molecule has 0 spiro atoms. The Morgan fingerprint density at radius 3 is 2.40 bits per heavy atom. The molecule has 3 N–H and O–H groups in total. The molecule has 106 valence electrons. The summed E-state index contributed by atoms with van der Waals surface area (Å²) in [7, 11) is -3.74. The van der Waals surface area contributed by atoms with E-state index < -0.39 is 10.0 Å². The molecule has 2 rings (SSSR count). The third-order valence-electron chi connectivity index (χ3n) is 3.16. The fourth-order valence-corrected chi connectivity index (χ4v) is 3.10. The Bertz CT molecular complexity index is 755. The summed E-state index contributed by atoms with van der Waals surface area (Å²) in [5, 5.41) is 0. The third-order valence-corrected chi connectivity index (χ3v) is 4.55. The van der Waals surface area contributed by atoms with E-state index in [-0.39, 0.29) is 10.6 Å². The van der Waals surface area contributed by atoms with Gasteiger partial charge in [-0.2, -0.15) is 0 Å². The minimum Gasteiger partial charge on any atom is -0.398 e. The molecule has 0 aliphatic heterocycles. The molecule has 0 aliphatic carbocycles. The van der Waals surface area contributed by atoms with Crippen molar-refractivity contribution in [2.75, 3.05) is 10.5 Å². The fraction of sp³-hybridized carbons (Fsp3) is 0.214. The number of benzene rings is 1. The average Bonchev–Trinajstić information content (AvgIpc) is 2.36. The molecule has 0 saturated carbocycles. The van der Waals surface area contributed by atoms with Gasteiger partial charge in [0.05, 0.1) is 5.69 Å². The number of aryl methyl sites for hydroxylation is 3. The number of rotatable bonds is 3. The molecule has 0 atom stereocenters. The smallest absolute Gasteiger partial charge is 0.265 e. The predicted molar refractivity (Wildman–Crippen MR) is 80.1 cm³/mol. The summed E-state index contributed by atoms with van der Waals surface area (Å²) in [6.45, 7) is 5.52. The van der Waals surface area contributed by atoms with Gasteiger partial charge < -0.3 is 5.73 Å². The Balaban J connectivity index is 2.47. The van der Waals surface area contributed by atoms with Crippen molar-refractivity contribution in [1.82, 2.24) is 4.98 Å². The Morgan fingerprint density at radius 2 is 1.75 bits per heavy atom. The highest BCUT2D eigenvalue weighted by Gasteiger charge is 2.19. The van der Waals surface area contributed by atoms with Crippen molar-refractivity contribution < 1.29 is 8.42 Å². The van der Waals surface area contributed by atoms with Crippen LogP contribution in [0.1, 0.15) is 16.7 Å². The lowest BCUT2D eigenvalue weighted by Gasteiger charge is -2.13. The molecule has 6 heteroatoms. The number of aromatic nitrogens is 1. The zero-order chi connectivity index (χ0) is 14.9. The highest BCUT2D eigenvalue weighted by Crippen LogP contribution is 2.25. The van der Waals surface area contributed by atoms with Gasteiger partial charge in [-0.3, -0.25) is 4.72 Å². The Hall–Kier alpha value is -2.08. The molecule has 0 fully saturated rings. The van der Waals surface area contributed by atoms with Gasteiger partial charge in [-0.25, -0.2) is 13.4 Å². The van der Waals surface area contributed by atoms with Crippen molar-refractivity contribution in [3.05, 3.63) is 47.2 Å². The van der Waals surface area contributed by atoms with Crippen LogP contribution in [0.2, 0.25) is 0 Å². The molecule has 1 aromatic carbocycles. The number of sulfonamides is 1. The zero-order valence-electron chi connectivity index (χ0n) is 11.6. The van der Waals surface area contributed by atoms with E-state index in [4.69, 9.17) is 5.73 Å². The lowest BCUT2D eigenvalue weighted by Crippen LogP contribution is -2.16. The third kappa shape index (κ3) is 2.75. The van der Waals surface area contributed by atoms with E-state index in [2.05, 4.69) is 9.71 Å². The fourth-order valence-electron chi connectivity index (χ4n) is 1.82. The summed E-state index contributed by atoms with van der Waals surface area (Å²) < 4.78 is 27.3. The van der Waals surface area contributed by atoms with Crippen LogP contribution in [0.5, 0.6) is 0 Å². The van der Waals surface area contributed by atoms with E-state index >= 15 is 0 Å². The van der Waals surface area contributed by atoms with Gasteiger partial charge in [-0.05, 0) is 55.7 Å². The number of nitrogens with two attached hydrogens (primary N) is 1. The van der Waals surface area contributed by atoms with Gasteiger partial charge in [-0.15, -0.1) is 0 Å². The van der Waals surface area contributed by atoms with Gasteiger partial charge in [0.25, 0.3) is 10.0 Å². The van der Waals surface area contributed by atoms with Crippen molar-refractivity contribution in [1.29, 1.82) is 0 Å². The van der Waals surface area contributed by atoms with E-state index in [0.29, 0.717) is 5.82 Å². The van der Waals surface area contributed by atoms with E-state index in [1.165, 1.54) is 6.20 Å². The van der Waals surface area contributed by atoms with E-state index in [1.807, 2.05) is 13.8 Å². The van der Waals surface area contributed by atoms with Crippen LogP contribution in [-0.2, 0) is 10.0 Å². The van der Waals surface area contributed by atoms with Gasteiger partial charge in [-0.1, -0.05) is 6.07 Å². The van der Waals surface area contributed by atoms with Crippen LogP contribution in [0.4, 0.5) is 11.5 Å². The first kappa shape index (κ1) is 14.3. The number of nitrogen functional groups attached to an aromatic ring is 1. The highest BCUT2D eigenvalue weighted by molar-refractivity contribution is 7.92. The van der Waals surface area contributed by atoms with Crippen molar-refractivity contribution in [2.45, 2.75) is 25.7 Å². The molecule has 0 amide bonds. The summed E-state index contributed by atoms with van der Waals surface area (Å²) in [6, 6.07) is 6.77. The van der Waals surface area contributed by atoms with Gasteiger partial charge in [0.15, 0.2) is 0 Å². The van der Waals surface area contributed by atoms with Crippen LogP contribution in [0.15, 0.2) is 35.4 Å². The molecule has 2 aromatic rings. The largest absolute Gasteiger partial charge is 0.398 e. The number of hydrogen-bond donors (Lipinski definition) is 2. The first-order valence-electron chi connectivity index (χ1n) is 6.12. The summed E-state index contributed by atoms with van der Waals surface area (Å²) in [5.41, 5.74) is 8.63. The molecule has 1 heterocycles. The number of pyridine rings is 1. The Kier molecular flexibility index (Phi) is 3.67. The number of nitrogens with zero attached hydrogens (tertiary/aromatic N) is 1. The number of nitrogens with one attached hydrogen (secondary N) is 1. The minimum absolute atomic E-state index is 0.0747. The number of hydrogen-bond acceptors (Lipinski definition) is 4. The van der Waals surface area contributed by atoms with Crippen molar-refractivity contribution in [3.8, 4) is 0 Å². The monoisotopic (exact) mass is 291 g/mol. The molecule has 0 unspecified atom stereocenters. The summed E-state index contributed by atoms with van der Waals surface area (Å²) in [4.78, 5) is 4.10. The first-order chi connectivity index (χ1) is 9.31. The molecule has 5 nitrogen and oxygen atoms in total. The van der Waals surface area contributed by atoms with Crippen LogP contribution in [0, 0.1) is 20.8 Å². The summed E-state index contributed by atoms with van der Waals surface area (Å²) in [5.74, 6) is 0.310. The molecule has 0 radical (unpaired) electrons. The highest BCUT2D eigenvalue weighted by atomic mass is 32.2. The first-order valence-corrected chi connectivity index (χ1v) is 7.61. The van der Waals surface area contributed by atoms with Crippen LogP contribution in [0.3, 0.4) is 0 Å². The topological polar surface area (TPSA) is 85.1 Å². The second-order valence-corrected chi connectivity index (χ2v) is 6.40. The van der Waals surface area contributed by atoms with Gasteiger partial charge >= 0.3 is 0 Å². The van der Waals surface area contributed by atoms with Crippen molar-refractivity contribution in [3.63, 3.8) is 0 Å². The molecule has 20 heavy (non-hydrogen) atoms. The maximum absolute atomic E-state index is 12.4. The van der Waals surface area contributed by atoms with Crippen molar-refractivity contribution >= 4 is 21.5 Å². The maximum atomic E-state index is 12.4. The molecule has 0 saturated heterocycles. The average molecular weight is 291 g/mol. The van der Waals surface area contributed by atoms with Crippen LogP contribution < -0.4 is 10.5 Å². The molecular weight excluding hydrogens is 274 g/mol. The molecule has 1 aromatic heterocycles. The standard InChI is InChI=1S/C14H17N3O2S/c1-9-5-4-6-16-14(9)17-20(18,19)13-8-11(3)10(2)7-12(13)15/h4-8H,15H2,1-3H3,(H,16,17). The summed E-state index contributed by atoms with van der Waals surface area (Å²) in [6.07, 6.45) is 1.54. The van der Waals surface area contributed by atoms with E-state index in [1.54, 1.807) is 31.2 Å². The lowest BCUT2D eigenvalue weighted by atomic mass is 10.1. The van der Waals surface area contributed by atoms with Gasteiger partial charge in [0, 0.05) is 6.20 Å². The lowest BCUT2D eigenvalue weighted by molar-refractivity contribution is 0.601. The van der Waals surface area contributed by atoms with Crippen molar-refractivity contribution in [2.24, 2.45) is 0 Å². The van der Waals surface area contributed by atoms with Gasteiger partial charge in [0.2, 0.25) is 0 Å². The number of anilines is 2. The van der Waals surface area contributed by atoms with Gasteiger partial charge in [0.1, 0.15) is 10.7 Å². The molecule has 0 bridgehead atoms. The molecule has 0 aliphatic rings. The maximum Gasteiger partial charge on any atom is 0.265 e. The minimum atomic E-state index is -3.74. The molecular formula is C14H17N3O2S.